The number of amides is 3. The van der Waals surface area contributed by atoms with Gasteiger partial charge in [-0.05, 0) is 55.7 Å². The Morgan fingerprint density at radius 2 is 2.00 bits per heavy atom. The molecule has 4 rings (SSSR count). The van der Waals surface area contributed by atoms with Gasteiger partial charge in [-0.2, -0.15) is 8.78 Å². The number of benzene rings is 2. The van der Waals surface area contributed by atoms with Crippen LogP contribution < -0.4 is 21.1 Å². The van der Waals surface area contributed by atoms with Crippen LogP contribution in [0.3, 0.4) is 0 Å². The molecule has 2 atom stereocenters. The van der Waals surface area contributed by atoms with E-state index in [2.05, 4.69) is 10.6 Å². The lowest BCUT2D eigenvalue weighted by molar-refractivity contribution is -0.147. The number of ether oxygens (including phenoxy) is 1. The molecular formula is C25H27F3N4O4. The Hall–Kier alpha value is -3.60. The first kappa shape index (κ1) is 25.5. The minimum atomic E-state index is -3.97. The van der Waals surface area contributed by atoms with E-state index in [1.54, 1.807) is 36.9 Å². The monoisotopic (exact) mass is 504 g/mol. The fraction of sp³-hybridized carbons (Fsp3) is 0.400. The molecule has 0 aliphatic carbocycles. The normalized spacial score (nSPS) is 19.8. The van der Waals surface area contributed by atoms with E-state index in [4.69, 9.17) is 10.5 Å². The topological polar surface area (TPSA) is 114 Å². The lowest BCUT2D eigenvalue weighted by Crippen LogP contribution is -2.59. The largest absolute Gasteiger partial charge is 0.488 e. The molecule has 2 aromatic rings. The van der Waals surface area contributed by atoms with Crippen molar-refractivity contribution in [3.05, 3.63) is 64.5 Å². The van der Waals surface area contributed by atoms with E-state index in [-0.39, 0.29) is 49.2 Å². The summed E-state index contributed by atoms with van der Waals surface area (Å²) in [6.07, 6.45) is -0.317. The zero-order valence-electron chi connectivity index (χ0n) is 19.8. The molecule has 36 heavy (non-hydrogen) atoms. The number of nitrogens with two attached hydrogens (primary N) is 1. The van der Waals surface area contributed by atoms with Crippen LogP contribution in [0.4, 0.5) is 13.2 Å². The molecule has 8 nitrogen and oxygen atoms in total. The van der Waals surface area contributed by atoms with Gasteiger partial charge in [0.25, 0.3) is 11.8 Å². The zero-order valence-corrected chi connectivity index (χ0v) is 19.8. The maximum atomic E-state index is 14.7. The van der Waals surface area contributed by atoms with Crippen molar-refractivity contribution in [1.82, 2.24) is 15.5 Å². The lowest BCUT2D eigenvalue weighted by atomic mass is 10.0. The Bertz CT molecular complexity index is 1200. The second kappa shape index (κ2) is 9.81. The van der Waals surface area contributed by atoms with E-state index < -0.39 is 29.4 Å². The molecule has 2 aliphatic heterocycles. The van der Waals surface area contributed by atoms with E-state index >= 15 is 0 Å². The molecule has 3 amide bonds. The van der Waals surface area contributed by atoms with Gasteiger partial charge in [0.05, 0.1) is 18.3 Å². The van der Waals surface area contributed by atoms with Crippen molar-refractivity contribution in [2.24, 2.45) is 5.73 Å². The second-order valence-corrected chi connectivity index (χ2v) is 9.19. The molecule has 4 N–H and O–H groups in total. The molecule has 1 saturated heterocycles. The lowest BCUT2D eigenvalue weighted by Gasteiger charge is -2.36. The maximum absolute atomic E-state index is 14.7. The first-order valence-corrected chi connectivity index (χ1v) is 11.6. The Kier molecular flexibility index (Phi) is 6.94. The first-order valence-electron chi connectivity index (χ1n) is 11.6. The van der Waals surface area contributed by atoms with Gasteiger partial charge in [-0.25, -0.2) is 4.39 Å². The highest BCUT2D eigenvalue weighted by atomic mass is 19.3. The van der Waals surface area contributed by atoms with E-state index in [1.165, 1.54) is 0 Å². The molecule has 0 spiro atoms. The van der Waals surface area contributed by atoms with E-state index in [1.807, 2.05) is 0 Å². The van der Waals surface area contributed by atoms with E-state index in [0.717, 1.165) is 12.1 Å². The third-order valence-electron chi connectivity index (χ3n) is 6.21. The molecule has 2 heterocycles. The highest BCUT2D eigenvalue weighted by molar-refractivity contribution is 5.98. The molecule has 2 aromatic carbocycles. The van der Waals surface area contributed by atoms with Gasteiger partial charge in [-0.15, -0.1) is 0 Å². The van der Waals surface area contributed by atoms with Crippen LogP contribution in [0.15, 0.2) is 36.4 Å². The fourth-order valence-corrected chi connectivity index (χ4v) is 4.41. The van der Waals surface area contributed by atoms with Crippen LogP contribution in [0.5, 0.6) is 5.75 Å². The van der Waals surface area contributed by atoms with Crippen molar-refractivity contribution in [2.45, 2.75) is 64.0 Å². The predicted molar refractivity (Wildman–Crippen MR) is 123 cm³/mol. The van der Waals surface area contributed by atoms with Crippen LogP contribution in [0.25, 0.3) is 0 Å². The van der Waals surface area contributed by atoms with Gasteiger partial charge in [0.15, 0.2) is 11.6 Å². The molecule has 2 unspecified atom stereocenters. The number of hydrogen-bond acceptors (Lipinski definition) is 5. The van der Waals surface area contributed by atoms with Gasteiger partial charge in [0.2, 0.25) is 5.91 Å². The SMILES string of the molecule is CC(C)Oc1ccc(C(F)(F)C(=O)NCc2ccc3c(c2)CN(C2CCC(=O)NC2N)C3=O)cc1F. The summed E-state index contributed by atoms with van der Waals surface area (Å²) in [5.74, 6) is -7.11. The molecule has 192 valence electrons. The fourth-order valence-electron chi connectivity index (χ4n) is 4.41. The van der Waals surface area contributed by atoms with Crippen LogP contribution >= 0.6 is 0 Å². The molecule has 0 aromatic heterocycles. The molecule has 2 aliphatic rings. The number of carbonyl (C=O) groups is 3. The summed E-state index contributed by atoms with van der Waals surface area (Å²) < 4.78 is 48.8. The summed E-state index contributed by atoms with van der Waals surface area (Å²) in [6.45, 7) is 3.38. The number of halogens is 3. The summed E-state index contributed by atoms with van der Waals surface area (Å²) >= 11 is 0. The van der Waals surface area contributed by atoms with Crippen molar-refractivity contribution in [3.8, 4) is 5.75 Å². The number of rotatable bonds is 7. The summed E-state index contributed by atoms with van der Waals surface area (Å²) in [6, 6.07) is 7.06. The Morgan fingerprint density at radius 3 is 2.67 bits per heavy atom. The van der Waals surface area contributed by atoms with Crippen molar-refractivity contribution in [3.63, 3.8) is 0 Å². The number of hydrogen-bond donors (Lipinski definition) is 3. The van der Waals surface area contributed by atoms with Crippen LogP contribution in [0.2, 0.25) is 0 Å². The quantitative estimate of drug-likeness (QED) is 0.536. The zero-order chi connectivity index (χ0) is 26.2. The summed E-state index contributed by atoms with van der Waals surface area (Å²) in [4.78, 5) is 38.3. The van der Waals surface area contributed by atoms with Gasteiger partial charge in [-0.3, -0.25) is 14.4 Å². The highest BCUT2D eigenvalue weighted by Gasteiger charge is 2.42. The number of nitrogens with zero attached hydrogens (tertiary/aromatic N) is 1. The first-order chi connectivity index (χ1) is 17.0. The van der Waals surface area contributed by atoms with E-state index in [0.29, 0.717) is 29.2 Å². The van der Waals surface area contributed by atoms with Crippen molar-refractivity contribution in [1.29, 1.82) is 0 Å². The minimum absolute atomic E-state index is 0.166. The predicted octanol–water partition coefficient (Wildman–Crippen LogP) is 2.54. The number of alkyl halides is 2. The van der Waals surface area contributed by atoms with Gasteiger partial charge >= 0.3 is 5.92 Å². The van der Waals surface area contributed by atoms with Crippen molar-refractivity contribution >= 4 is 17.7 Å². The Morgan fingerprint density at radius 1 is 1.25 bits per heavy atom. The van der Waals surface area contributed by atoms with Gasteiger partial charge < -0.3 is 26.0 Å². The number of fused-ring (bicyclic) bond motifs is 1. The molecule has 1 fully saturated rings. The second-order valence-electron chi connectivity index (χ2n) is 9.19. The van der Waals surface area contributed by atoms with Gasteiger partial charge in [0.1, 0.15) is 0 Å². The van der Waals surface area contributed by atoms with Gasteiger partial charge in [0, 0.05) is 30.6 Å². The molecule has 11 heteroatoms. The molecule has 0 saturated carbocycles. The Labute approximate surface area is 206 Å². The smallest absolute Gasteiger partial charge is 0.349 e. The highest BCUT2D eigenvalue weighted by Crippen LogP contribution is 2.32. The summed E-state index contributed by atoms with van der Waals surface area (Å²) in [5, 5.41) is 4.82. The number of piperidine rings is 1. The minimum Gasteiger partial charge on any atom is -0.488 e. The number of nitrogens with one attached hydrogen (secondary N) is 2. The average molecular weight is 505 g/mol. The number of carbonyl (C=O) groups excluding carboxylic acids is 3. The third kappa shape index (κ3) is 5.01. The van der Waals surface area contributed by atoms with Crippen LogP contribution in [0.1, 0.15) is 53.7 Å². The molecule has 0 bridgehead atoms. The van der Waals surface area contributed by atoms with Crippen molar-refractivity contribution in [2.75, 3.05) is 0 Å². The van der Waals surface area contributed by atoms with Crippen LogP contribution in [0, 0.1) is 5.82 Å². The molecular weight excluding hydrogens is 477 g/mol. The van der Waals surface area contributed by atoms with E-state index in [9.17, 15) is 27.6 Å². The summed E-state index contributed by atoms with van der Waals surface area (Å²) in [5.41, 5.74) is 6.86. The van der Waals surface area contributed by atoms with Crippen LogP contribution in [-0.4, -0.2) is 40.9 Å². The Balaban J connectivity index is 1.41. The van der Waals surface area contributed by atoms with Gasteiger partial charge in [-0.1, -0.05) is 12.1 Å². The van der Waals surface area contributed by atoms with Crippen molar-refractivity contribution < 1.29 is 32.3 Å². The molecule has 0 radical (unpaired) electrons. The third-order valence-corrected chi connectivity index (χ3v) is 6.21. The average Bonchev–Trinajstić information content (AvgIpc) is 3.13. The van der Waals surface area contributed by atoms with Crippen LogP contribution in [-0.2, 0) is 28.6 Å². The standard InChI is InChI=1S/C25H27F3N4O4/c1-13(2)36-20-7-4-16(10-18(20)26)25(27,28)24(35)30-11-14-3-5-17-15(9-14)12-32(23(17)34)19-6-8-21(33)31-22(19)29/h3-5,7,9-10,13,19,22H,6,8,11-12,29H2,1-2H3,(H,30,35)(H,31,33). The maximum Gasteiger partial charge on any atom is 0.349 e. The summed E-state index contributed by atoms with van der Waals surface area (Å²) in [7, 11) is 0.